The van der Waals surface area contributed by atoms with E-state index in [4.69, 9.17) is 4.74 Å². The maximum absolute atomic E-state index is 12.6. The van der Waals surface area contributed by atoms with E-state index in [-0.39, 0.29) is 5.78 Å². The predicted octanol–water partition coefficient (Wildman–Crippen LogP) is 3.72. The minimum Gasteiger partial charge on any atom is -0.497 e. The molecule has 0 atom stereocenters. The molecule has 3 nitrogen and oxygen atoms in total. The fourth-order valence-corrected chi connectivity index (χ4v) is 2.44. The van der Waals surface area contributed by atoms with Crippen molar-refractivity contribution in [2.45, 2.75) is 6.92 Å². The van der Waals surface area contributed by atoms with Crippen molar-refractivity contribution in [1.82, 2.24) is 4.98 Å². The minimum atomic E-state index is 0.0215. The van der Waals surface area contributed by atoms with Crippen LogP contribution in [0, 0.1) is 6.92 Å². The molecule has 0 radical (unpaired) electrons. The third-order valence-electron chi connectivity index (χ3n) is 3.51. The molecule has 3 rings (SSSR count). The number of nitrogens with one attached hydrogen (secondary N) is 1. The van der Waals surface area contributed by atoms with Gasteiger partial charge in [0.15, 0.2) is 5.78 Å². The number of hydrogen-bond acceptors (Lipinski definition) is 2. The number of aryl methyl sites for hydroxylation is 1. The normalized spacial score (nSPS) is 10.7. The van der Waals surface area contributed by atoms with Crippen molar-refractivity contribution < 1.29 is 9.53 Å². The van der Waals surface area contributed by atoms with E-state index in [1.165, 1.54) is 0 Å². The Balaban J connectivity index is 2.08. The number of aromatic nitrogens is 1. The lowest BCUT2D eigenvalue weighted by atomic mass is 10.00. The Bertz CT molecular complexity index is 769. The highest BCUT2D eigenvalue weighted by atomic mass is 16.5. The molecule has 0 bridgehead atoms. The Morgan fingerprint density at radius 3 is 2.55 bits per heavy atom. The van der Waals surface area contributed by atoms with Gasteiger partial charge in [-0.15, -0.1) is 0 Å². The van der Waals surface area contributed by atoms with Crippen LogP contribution in [0.4, 0.5) is 0 Å². The van der Waals surface area contributed by atoms with Gasteiger partial charge in [0.2, 0.25) is 0 Å². The maximum Gasteiger partial charge on any atom is 0.195 e. The van der Waals surface area contributed by atoms with E-state index in [9.17, 15) is 4.79 Å². The predicted molar refractivity (Wildman–Crippen MR) is 79.5 cm³/mol. The molecule has 0 spiro atoms. The molecule has 20 heavy (non-hydrogen) atoms. The van der Waals surface area contributed by atoms with Crippen molar-refractivity contribution in [2.75, 3.05) is 7.11 Å². The topological polar surface area (TPSA) is 42.1 Å². The Labute approximate surface area is 117 Å². The van der Waals surface area contributed by atoms with Gasteiger partial charge in [0.1, 0.15) is 5.75 Å². The summed E-state index contributed by atoms with van der Waals surface area (Å²) in [5, 5.41) is 0.994. The van der Waals surface area contributed by atoms with E-state index in [1.54, 1.807) is 37.6 Å². The smallest absolute Gasteiger partial charge is 0.195 e. The molecule has 0 aliphatic heterocycles. The van der Waals surface area contributed by atoms with E-state index in [2.05, 4.69) is 4.98 Å². The third-order valence-corrected chi connectivity index (χ3v) is 3.51. The summed E-state index contributed by atoms with van der Waals surface area (Å²) < 4.78 is 5.11. The Kier molecular flexibility index (Phi) is 3.03. The van der Waals surface area contributed by atoms with Gasteiger partial charge in [-0.2, -0.15) is 0 Å². The van der Waals surface area contributed by atoms with Gasteiger partial charge in [-0.1, -0.05) is 12.1 Å². The summed E-state index contributed by atoms with van der Waals surface area (Å²) in [4.78, 5) is 15.8. The first-order chi connectivity index (χ1) is 9.70. The van der Waals surface area contributed by atoms with Crippen molar-refractivity contribution in [2.24, 2.45) is 0 Å². The summed E-state index contributed by atoms with van der Waals surface area (Å²) in [6.07, 6.45) is 1.78. The zero-order valence-electron chi connectivity index (χ0n) is 11.4. The van der Waals surface area contributed by atoms with Crippen LogP contribution in [0.3, 0.4) is 0 Å². The van der Waals surface area contributed by atoms with Crippen molar-refractivity contribution in [3.05, 3.63) is 65.4 Å². The number of methoxy groups -OCH3 is 1. The summed E-state index contributed by atoms with van der Waals surface area (Å²) >= 11 is 0. The van der Waals surface area contributed by atoms with Crippen LogP contribution in [0.1, 0.15) is 21.5 Å². The molecule has 100 valence electrons. The maximum atomic E-state index is 12.6. The first-order valence-corrected chi connectivity index (χ1v) is 6.46. The second kappa shape index (κ2) is 4.85. The van der Waals surface area contributed by atoms with Gasteiger partial charge in [-0.05, 0) is 42.8 Å². The van der Waals surface area contributed by atoms with Crippen LogP contribution in [-0.2, 0) is 0 Å². The number of ether oxygens (including phenoxy) is 1. The Morgan fingerprint density at radius 2 is 1.85 bits per heavy atom. The van der Waals surface area contributed by atoms with Gasteiger partial charge in [-0.3, -0.25) is 4.79 Å². The zero-order chi connectivity index (χ0) is 14.1. The van der Waals surface area contributed by atoms with Gasteiger partial charge >= 0.3 is 0 Å². The number of carbonyl (C=O) groups is 1. The summed E-state index contributed by atoms with van der Waals surface area (Å²) in [6, 6.07) is 13.2. The van der Waals surface area contributed by atoms with Crippen LogP contribution < -0.4 is 4.74 Å². The van der Waals surface area contributed by atoms with E-state index >= 15 is 0 Å². The van der Waals surface area contributed by atoms with Crippen LogP contribution in [-0.4, -0.2) is 17.9 Å². The van der Waals surface area contributed by atoms with Crippen LogP contribution in [0.25, 0.3) is 10.9 Å². The lowest BCUT2D eigenvalue weighted by Crippen LogP contribution is -2.00. The second-order valence-electron chi connectivity index (χ2n) is 4.76. The fraction of sp³-hybridized carbons (Fsp3) is 0.118. The highest BCUT2D eigenvalue weighted by molar-refractivity contribution is 6.17. The van der Waals surface area contributed by atoms with E-state index in [1.807, 2.05) is 25.1 Å². The summed E-state index contributed by atoms with van der Waals surface area (Å²) in [5.41, 5.74) is 3.46. The van der Waals surface area contributed by atoms with E-state index in [0.717, 1.165) is 22.2 Å². The van der Waals surface area contributed by atoms with E-state index < -0.39 is 0 Å². The lowest BCUT2D eigenvalue weighted by molar-refractivity contribution is 0.104. The molecule has 3 heteroatoms. The molecule has 0 saturated carbocycles. The first-order valence-electron chi connectivity index (χ1n) is 6.46. The number of aromatic amines is 1. The summed E-state index contributed by atoms with van der Waals surface area (Å²) in [7, 11) is 1.61. The highest BCUT2D eigenvalue weighted by Gasteiger charge is 2.15. The van der Waals surface area contributed by atoms with Gasteiger partial charge in [0.25, 0.3) is 0 Å². The Morgan fingerprint density at radius 1 is 1.10 bits per heavy atom. The lowest BCUT2D eigenvalue weighted by Gasteiger charge is -2.03. The number of benzene rings is 2. The number of H-pyrrole nitrogens is 1. The van der Waals surface area contributed by atoms with Gasteiger partial charge in [0, 0.05) is 28.2 Å². The molecule has 1 N–H and O–H groups in total. The molecule has 0 aliphatic rings. The molecule has 1 heterocycles. The van der Waals surface area contributed by atoms with Crippen LogP contribution >= 0.6 is 0 Å². The quantitative estimate of drug-likeness (QED) is 0.733. The van der Waals surface area contributed by atoms with Crippen LogP contribution in [0.5, 0.6) is 5.75 Å². The zero-order valence-corrected chi connectivity index (χ0v) is 11.4. The molecule has 3 aromatic rings. The molecule has 0 aliphatic carbocycles. The van der Waals surface area contributed by atoms with Crippen LogP contribution in [0.2, 0.25) is 0 Å². The van der Waals surface area contributed by atoms with Crippen molar-refractivity contribution in [3.63, 3.8) is 0 Å². The number of carbonyl (C=O) groups excluding carboxylic acids is 1. The van der Waals surface area contributed by atoms with Crippen molar-refractivity contribution in [1.29, 1.82) is 0 Å². The van der Waals surface area contributed by atoms with Crippen LogP contribution in [0.15, 0.2) is 48.7 Å². The van der Waals surface area contributed by atoms with Gasteiger partial charge < -0.3 is 9.72 Å². The largest absolute Gasteiger partial charge is 0.497 e. The highest BCUT2D eigenvalue weighted by Crippen LogP contribution is 2.25. The molecule has 0 unspecified atom stereocenters. The monoisotopic (exact) mass is 265 g/mol. The fourth-order valence-electron chi connectivity index (χ4n) is 2.44. The van der Waals surface area contributed by atoms with Gasteiger partial charge in [-0.25, -0.2) is 0 Å². The first kappa shape index (κ1) is 12.5. The Hall–Kier alpha value is -2.55. The number of hydrogen-bond donors (Lipinski definition) is 1. The summed E-state index contributed by atoms with van der Waals surface area (Å²) in [5.74, 6) is 0.768. The number of rotatable bonds is 3. The number of fused-ring (bicyclic) bond motifs is 1. The average molecular weight is 265 g/mol. The molecule has 0 saturated heterocycles. The van der Waals surface area contributed by atoms with Crippen molar-refractivity contribution >= 4 is 16.7 Å². The molecule has 2 aromatic carbocycles. The standard InChI is InChI=1S/C17H15NO2/c1-11-4-3-5-15-16(11)14(10-18-15)17(19)12-6-8-13(20-2)9-7-12/h3-10,18H,1-2H3. The number of ketones is 1. The van der Waals surface area contributed by atoms with E-state index in [0.29, 0.717) is 11.1 Å². The molecule has 0 amide bonds. The molecule has 1 aromatic heterocycles. The molecule has 0 fully saturated rings. The van der Waals surface area contributed by atoms with Gasteiger partial charge in [0.05, 0.1) is 7.11 Å². The third kappa shape index (κ3) is 1.97. The average Bonchev–Trinajstić information content (AvgIpc) is 2.92. The second-order valence-corrected chi connectivity index (χ2v) is 4.76. The molecular formula is C17H15NO2. The van der Waals surface area contributed by atoms with Crippen molar-refractivity contribution in [3.8, 4) is 5.75 Å². The minimum absolute atomic E-state index is 0.0215. The SMILES string of the molecule is COc1ccc(C(=O)c2c[nH]c3cccc(C)c23)cc1. The molecular weight excluding hydrogens is 250 g/mol. The summed E-state index contributed by atoms with van der Waals surface area (Å²) in [6.45, 7) is 2.01.